The minimum atomic E-state index is -0.292. The first-order chi connectivity index (χ1) is 14.4. The fourth-order valence-electron chi connectivity index (χ4n) is 3.22. The topological polar surface area (TPSA) is 82.7 Å². The van der Waals surface area contributed by atoms with Gasteiger partial charge in [-0.15, -0.1) is 10.2 Å². The van der Waals surface area contributed by atoms with E-state index in [9.17, 15) is 9.90 Å². The number of benzene rings is 3. The Hall–Kier alpha value is -3.93. The van der Waals surface area contributed by atoms with Crippen LogP contribution >= 0.6 is 0 Å². The Morgan fingerprint density at radius 1 is 0.833 bits per heavy atom. The predicted octanol–water partition coefficient (Wildman–Crippen LogP) is 5.88. The molecule has 0 fully saturated rings. The largest absolute Gasteiger partial charge is 0.506 e. The summed E-state index contributed by atoms with van der Waals surface area (Å²) in [6, 6.07) is 20.7. The van der Waals surface area contributed by atoms with Gasteiger partial charge in [-0.05, 0) is 67.3 Å². The van der Waals surface area contributed by atoms with Gasteiger partial charge in [0.2, 0.25) is 0 Å². The van der Waals surface area contributed by atoms with Gasteiger partial charge in [-0.3, -0.25) is 9.89 Å². The number of aromatic nitrogens is 2. The lowest BCUT2D eigenvalue weighted by atomic mass is 10.1. The number of nitrogens with one attached hydrogen (secondary N) is 1. The number of aryl methyl sites for hydroxylation is 3. The van der Waals surface area contributed by atoms with Gasteiger partial charge in [0.05, 0.1) is 11.4 Å². The molecule has 0 aliphatic carbocycles. The molecule has 4 aromatic rings. The Morgan fingerprint density at radius 3 is 2.30 bits per heavy atom. The molecule has 0 atom stereocenters. The van der Waals surface area contributed by atoms with E-state index in [1.165, 1.54) is 4.68 Å². The molecule has 0 aliphatic rings. The number of aromatic amines is 1. The molecule has 1 aromatic heterocycles. The summed E-state index contributed by atoms with van der Waals surface area (Å²) in [7, 11) is 0. The van der Waals surface area contributed by atoms with Crippen molar-refractivity contribution in [3.63, 3.8) is 0 Å². The predicted molar refractivity (Wildman–Crippen MR) is 118 cm³/mol. The van der Waals surface area contributed by atoms with Crippen LogP contribution in [0.25, 0.3) is 16.8 Å². The van der Waals surface area contributed by atoms with Crippen LogP contribution in [0.15, 0.2) is 81.8 Å². The molecule has 30 heavy (non-hydrogen) atoms. The summed E-state index contributed by atoms with van der Waals surface area (Å²) >= 11 is 0. The van der Waals surface area contributed by atoms with Crippen LogP contribution < -0.4 is 5.56 Å². The van der Waals surface area contributed by atoms with Crippen LogP contribution in [0, 0.1) is 20.8 Å². The summed E-state index contributed by atoms with van der Waals surface area (Å²) in [6.45, 7) is 5.80. The number of phenols is 1. The molecule has 0 amide bonds. The van der Waals surface area contributed by atoms with Crippen LogP contribution in [0.2, 0.25) is 0 Å². The second-order valence-corrected chi connectivity index (χ2v) is 7.26. The molecule has 0 saturated heterocycles. The van der Waals surface area contributed by atoms with E-state index in [0.29, 0.717) is 11.4 Å². The van der Waals surface area contributed by atoms with Crippen molar-refractivity contribution in [2.45, 2.75) is 20.8 Å². The van der Waals surface area contributed by atoms with Gasteiger partial charge in [0.15, 0.2) is 5.69 Å². The smallest absolute Gasteiger partial charge is 0.299 e. The molecule has 150 valence electrons. The Kier molecular flexibility index (Phi) is 5.06. The van der Waals surface area contributed by atoms with E-state index in [2.05, 4.69) is 15.3 Å². The zero-order chi connectivity index (χ0) is 21.3. The highest BCUT2D eigenvalue weighted by molar-refractivity contribution is 5.69. The second-order valence-electron chi connectivity index (χ2n) is 7.26. The molecule has 0 spiro atoms. The van der Waals surface area contributed by atoms with E-state index in [1.807, 2.05) is 68.4 Å². The van der Waals surface area contributed by atoms with Gasteiger partial charge >= 0.3 is 0 Å². The summed E-state index contributed by atoms with van der Waals surface area (Å²) in [5.74, 6) is 0.00257. The Labute approximate surface area is 174 Å². The fraction of sp³-hybridized carbons (Fsp3) is 0.125. The van der Waals surface area contributed by atoms with Gasteiger partial charge in [-0.1, -0.05) is 42.5 Å². The fourth-order valence-corrected chi connectivity index (χ4v) is 3.22. The third-order valence-electron chi connectivity index (χ3n) is 5.13. The van der Waals surface area contributed by atoms with Crippen molar-refractivity contribution in [1.82, 2.24) is 9.78 Å². The minimum absolute atomic E-state index is 0.00257. The zero-order valence-electron chi connectivity index (χ0n) is 17.0. The average molecular weight is 398 g/mol. The van der Waals surface area contributed by atoms with Crippen LogP contribution in [-0.4, -0.2) is 14.9 Å². The maximum Gasteiger partial charge on any atom is 0.299 e. The zero-order valence-corrected chi connectivity index (χ0v) is 17.0. The van der Waals surface area contributed by atoms with E-state index in [0.717, 1.165) is 27.9 Å². The third-order valence-corrected chi connectivity index (χ3v) is 5.13. The van der Waals surface area contributed by atoms with Crippen molar-refractivity contribution in [3.05, 3.63) is 93.9 Å². The Balaban J connectivity index is 1.66. The highest BCUT2D eigenvalue weighted by atomic mass is 16.3. The lowest BCUT2D eigenvalue weighted by Crippen LogP contribution is -2.14. The quantitative estimate of drug-likeness (QED) is 0.421. The highest BCUT2D eigenvalue weighted by Gasteiger charge is 2.13. The number of hydrogen-bond donors (Lipinski definition) is 2. The normalized spacial score (nSPS) is 11.3. The van der Waals surface area contributed by atoms with Gasteiger partial charge in [0, 0.05) is 0 Å². The van der Waals surface area contributed by atoms with Crippen LogP contribution in [0.3, 0.4) is 0 Å². The number of hydrogen-bond acceptors (Lipinski definition) is 4. The van der Waals surface area contributed by atoms with E-state index in [-0.39, 0.29) is 17.0 Å². The van der Waals surface area contributed by atoms with E-state index in [4.69, 9.17) is 0 Å². The van der Waals surface area contributed by atoms with Gasteiger partial charge in [0.1, 0.15) is 11.4 Å². The molecule has 3 aromatic carbocycles. The first-order valence-corrected chi connectivity index (χ1v) is 9.63. The summed E-state index contributed by atoms with van der Waals surface area (Å²) in [4.78, 5) is 12.8. The monoisotopic (exact) mass is 398 g/mol. The second kappa shape index (κ2) is 7.83. The molecular formula is C24H22N4O2. The maximum atomic E-state index is 12.8. The van der Waals surface area contributed by atoms with Crippen molar-refractivity contribution < 1.29 is 5.11 Å². The van der Waals surface area contributed by atoms with Crippen molar-refractivity contribution in [2.75, 3.05) is 0 Å². The van der Waals surface area contributed by atoms with Crippen molar-refractivity contribution in [3.8, 4) is 22.6 Å². The molecule has 4 rings (SSSR count). The number of H-pyrrole nitrogens is 1. The van der Waals surface area contributed by atoms with Gasteiger partial charge in [0.25, 0.3) is 5.56 Å². The van der Waals surface area contributed by atoms with Crippen molar-refractivity contribution >= 4 is 11.4 Å². The van der Waals surface area contributed by atoms with Gasteiger partial charge < -0.3 is 5.11 Å². The summed E-state index contributed by atoms with van der Waals surface area (Å²) < 4.78 is 1.45. The van der Waals surface area contributed by atoms with Crippen molar-refractivity contribution in [2.24, 2.45) is 10.2 Å². The number of phenolic OH excluding ortho intramolecular Hbond substituents is 1. The standard InChI is InChI=1S/C24H22N4O2/c1-15-9-11-20(13-16(15)2)28-24(30)23(17(3)27-28)26-25-21-12-10-19(14-22(21)29)18-7-5-4-6-8-18/h4-14,27,29H,1-3H3. The SMILES string of the molecule is Cc1ccc(-n2[nH]c(C)c(N=Nc3ccc(-c4ccccc4)cc3O)c2=O)cc1C. The van der Waals surface area contributed by atoms with Crippen LogP contribution in [0.1, 0.15) is 16.8 Å². The number of azo groups is 1. The molecule has 0 bridgehead atoms. The van der Waals surface area contributed by atoms with E-state index in [1.54, 1.807) is 19.1 Å². The lowest BCUT2D eigenvalue weighted by molar-refractivity contribution is 0.476. The third kappa shape index (κ3) is 3.67. The van der Waals surface area contributed by atoms with E-state index >= 15 is 0 Å². The van der Waals surface area contributed by atoms with Crippen LogP contribution in [0.4, 0.5) is 11.4 Å². The van der Waals surface area contributed by atoms with Crippen LogP contribution in [-0.2, 0) is 0 Å². The summed E-state index contributed by atoms with van der Waals surface area (Å²) in [6.07, 6.45) is 0. The Bertz CT molecular complexity index is 1300. The van der Waals surface area contributed by atoms with Crippen molar-refractivity contribution in [1.29, 1.82) is 0 Å². The molecule has 0 radical (unpaired) electrons. The first kappa shape index (κ1) is 19.4. The summed E-state index contributed by atoms with van der Waals surface area (Å²) in [5.41, 5.74) is 5.68. The van der Waals surface area contributed by atoms with Gasteiger partial charge in [-0.2, -0.15) is 0 Å². The van der Waals surface area contributed by atoms with E-state index < -0.39 is 0 Å². The molecule has 0 unspecified atom stereocenters. The number of rotatable bonds is 4. The number of aromatic hydroxyl groups is 1. The van der Waals surface area contributed by atoms with Crippen LogP contribution in [0.5, 0.6) is 5.75 Å². The number of nitrogens with zero attached hydrogens (tertiary/aromatic N) is 3. The Morgan fingerprint density at radius 2 is 1.60 bits per heavy atom. The van der Waals surface area contributed by atoms with Gasteiger partial charge in [-0.25, -0.2) is 4.68 Å². The molecule has 0 saturated carbocycles. The highest BCUT2D eigenvalue weighted by Crippen LogP contribution is 2.32. The maximum absolute atomic E-state index is 12.8. The first-order valence-electron chi connectivity index (χ1n) is 9.63. The molecule has 2 N–H and O–H groups in total. The molecule has 0 aliphatic heterocycles. The summed E-state index contributed by atoms with van der Waals surface area (Å²) in [5, 5.41) is 21.6. The molecule has 1 heterocycles. The molecule has 6 nitrogen and oxygen atoms in total. The average Bonchev–Trinajstić information content (AvgIpc) is 3.03. The molecular weight excluding hydrogens is 376 g/mol. The lowest BCUT2D eigenvalue weighted by Gasteiger charge is -2.05. The molecule has 6 heteroatoms. The minimum Gasteiger partial charge on any atom is -0.506 e.